The average molecular weight is 299 g/mol. The van der Waals surface area contributed by atoms with Crippen LogP contribution in [0.5, 0.6) is 0 Å². The zero-order valence-corrected chi connectivity index (χ0v) is 14.6. The number of rotatable bonds is 3. The minimum absolute atomic E-state index is 0.224. The fourth-order valence-corrected chi connectivity index (χ4v) is 3.46. The van der Waals surface area contributed by atoms with E-state index in [0.717, 1.165) is 26.1 Å². The van der Waals surface area contributed by atoms with Gasteiger partial charge in [-0.15, -0.1) is 0 Å². The van der Waals surface area contributed by atoms with Crippen LogP contribution < -0.4 is 5.73 Å². The summed E-state index contributed by atoms with van der Waals surface area (Å²) in [6.07, 6.45) is 3.35. The Balaban J connectivity index is 2.01. The van der Waals surface area contributed by atoms with Crippen molar-refractivity contribution in [2.24, 2.45) is 18.7 Å². The molecule has 0 saturated carbocycles. The lowest BCUT2D eigenvalue weighted by molar-refractivity contribution is 0.136. The van der Waals surface area contributed by atoms with Crippen molar-refractivity contribution in [1.29, 1.82) is 0 Å². The maximum absolute atomic E-state index is 5.81. The first-order chi connectivity index (χ1) is 10.3. The van der Waals surface area contributed by atoms with Gasteiger partial charge in [-0.05, 0) is 68.5 Å². The van der Waals surface area contributed by atoms with Crippen molar-refractivity contribution in [3.05, 3.63) is 35.0 Å². The molecule has 0 amide bonds. The number of nitrogens with zero attached hydrogens (tertiary/aromatic N) is 2. The third-order valence-corrected chi connectivity index (χ3v) is 5.04. The van der Waals surface area contributed by atoms with Gasteiger partial charge in [0.25, 0.3) is 0 Å². The lowest BCUT2D eigenvalue weighted by Crippen LogP contribution is -2.36. The van der Waals surface area contributed by atoms with E-state index in [4.69, 9.17) is 5.73 Å². The Bertz CT molecular complexity index is 691. The maximum Gasteiger partial charge on any atom is 0.0484 e. The number of fused-ring (bicyclic) bond motifs is 2. The molecule has 0 radical (unpaired) electrons. The Morgan fingerprint density at radius 3 is 2.41 bits per heavy atom. The van der Waals surface area contributed by atoms with E-state index >= 15 is 0 Å². The predicted molar refractivity (Wildman–Crippen MR) is 93.8 cm³/mol. The molecule has 0 fully saturated rings. The lowest BCUT2D eigenvalue weighted by Gasteiger charge is -2.31. The number of benzene rings is 1. The molecule has 0 saturated heterocycles. The Hall–Kier alpha value is -1.32. The third kappa shape index (κ3) is 2.68. The molecular formula is C19H29N3. The number of aryl methyl sites for hydroxylation is 1. The highest BCUT2D eigenvalue weighted by Gasteiger charge is 2.28. The molecule has 3 heteroatoms. The highest BCUT2D eigenvalue weighted by Crippen LogP contribution is 2.34. The summed E-state index contributed by atoms with van der Waals surface area (Å²) in [5.74, 6) is 0.532. The van der Waals surface area contributed by atoms with Crippen LogP contribution in [0.2, 0.25) is 0 Å². The fourth-order valence-electron chi connectivity index (χ4n) is 3.46. The first-order valence-electron chi connectivity index (χ1n) is 8.34. The van der Waals surface area contributed by atoms with Crippen LogP contribution in [0.15, 0.2) is 18.3 Å². The van der Waals surface area contributed by atoms with Crippen LogP contribution in [0.4, 0.5) is 0 Å². The zero-order chi connectivity index (χ0) is 16.1. The molecule has 0 bridgehead atoms. The molecule has 3 rings (SSSR count). The SMILES string of the molecule is CC(CN)Cc1cn(C)c2cc3c(cc12)CN(C(C)(C)C)C3. The molecule has 120 valence electrons. The Kier molecular flexibility index (Phi) is 3.82. The highest BCUT2D eigenvalue weighted by atomic mass is 15.2. The molecule has 1 atom stereocenters. The molecule has 1 aliphatic heterocycles. The molecule has 22 heavy (non-hydrogen) atoms. The molecule has 2 heterocycles. The summed E-state index contributed by atoms with van der Waals surface area (Å²) >= 11 is 0. The lowest BCUT2D eigenvalue weighted by atomic mass is 9.99. The summed E-state index contributed by atoms with van der Waals surface area (Å²) in [6.45, 7) is 12.0. The van der Waals surface area contributed by atoms with E-state index in [1.165, 1.54) is 27.6 Å². The van der Waals surface area contributed by atoms with Crippen molar-refractivity contribution in [1.82, 2.24) is 9.47 Å². The average Bonchev–Trinajstić information content (AvgIpc) is 2.98. The summed E-state index contributed by atoms with van der Waals surface area (Å²) in [5, 5.41) is 1.41. The van der Waals surface area contributed by atoms with Gasteiger partial charge in [-0.3, -0.25) is 4.90 Å². The molecule has 1 aliphatic rings. The minimum atomic E-state index is 0.224. The number of hydrogen-bond acceptors (Lipinski definition) is 2. The van der Waals surface area contributed by atoms with E-state index in [0.29, 0.717) is 5.92 Å². The van der Waals surface area contributed by atoms with E-state index < -0.39 is 0 Å². The normalized spacial score (nSPS) is 17.2. The zero-order valence-electron chi connectivity index (χ0n) is 14.6. The van der Waals surface area contributed by atoms with Crippen LogP contribution in [-0.2, 0) is 26.6 Å². The van der Waals surface area contributed by atoms with Gasteiger partial charge >= 0.3 is 0 Å². The van der Waals surface area contributed by atoms with Gasteiger partial charge in [-0.1, -0.05) is 6.92 Å². The van der Waals surface area contributed by atoms with Gasteiger partial charge in [0.2, 0.25) is 0 Å². The van der Waals surface area contributed by atoms with E-state index in [-0.39, 0.29) is 5.54 Å². The summed E-state index contributed by atoms with van der Waals surface area (Å²) in [7, 11) is 2.15. The predicted octanol–water partition coefficient (Wildman–Crippen LogP) is 3.43. The second kappa shape index (κ2) is 5.39. The van der Waals surface area contributed by atoms with Gasteiger partial charge in [0.15, 0.2) is 0 Å². The molecule has 3 nitrogen and oxygen atoms in total. The molecule has 2 aromatic rings. The summed E-state index contributed by atoms with van der Waals surface area (Å²) < 4.78 is 2.27. The standard InChI is InChI=1S/C19H29N3/c1-13(9-20)6-16-10-21(5)18-8-15-12-22(19(2,3)4)11-14(15)7-17(16)18/h7-8,10,13H,6,9,11-12,20H2,1-5H3. The van der Waals surface area contributed by atoms with Gasteiger partial charge in [-0.25, -0.2) is 0 Å². The molecule has 1 unspecified atom stereocenters. The number of nitrogens with two attached hydrogens (primary N) is 1. The first-order valence-corrected chi connectivity index (χ1v) is 8.34. The Morgan fingerprint density at radius 1 is 1.18 bits per heavy atom. The van der Waals surface area contributed by atoms with Gasteiger partial charge < -0.3 is 10.3 Å². The second-order valence-corrected chi connectivity index (χ2v) is 7.98. The fraction of sp³-hybridized carbons (Fsp3) is 0.579. The Morgan fingerprint density at radius 2 is 1.82 bits per heavy atom. The van der Waals surface area contributed by atoms with E-state index in [9.17, 15) is 0 Å². The summed E-state index contributed by atoms with van der Waals surface area (Å²) in [6, 6.07) is 4.82. The first kappa shape index (κ1) is 15.6. The van der Waals surface area contributed by atoms with Crippen LogP contribution in [-0.4, -0.2) is 21.6 Å². The van der Waals surface area contributed by atoms with Crippen molar-refractivity contribution in [2.75, 3.05) is 6.54 Å². The van der Waals surface area contributed by atoms with Crippen molar-refractivity contribution in [2.45, 2.75) is 52.7 Å². The van der Waals surface area contributed by atoms with Gasteiger partial charge in [0, 0.05) is 42.8 Å². The smallest absolute Gasteiger partial charge is 0.0484 e. The van der Waals surface area contributed by atoms with E-state index in [1.54, 1.807) is 0 Å². The van der Waals surface area contributed by atoms with Crippen LogP contribution in [0.1, 0.15) is 44.4 Å². The summed E-state index contributed by atoms with van der Waals surface area (Å²) in [5.41, 5.74) is 11.8. The van der Waals surface area contributed by atoms with Crippen LogP contribution in [0.3, 0.4) is 0 Å². The van der Waals surface area contributed by atoms with E-state index in [2.05, 4.69) is 62.5 Å². The van der Waals surface area contributed by atoms with Crippen LogP contribution in [0, 0.1) is 5.92 Å². The van der Waals surface area contributed by atoms with Gasteiger partial charge in [0.1, 0.15) is 0 Å². The number of hydrogen-bond donors (Lipinski definition) is 1. The Labute approximate surface area is 134 Å². The number of aromatic nitrogens is 1. The van der Waals surface area contributed by atoms with Gasteiger partial charge in [0.05, 0.1) is 0 Å². The van der Waals surface area contributed by atoms with Crippen molar-refractivity contribution in [3.63, 3.8) is 0 Å². The van der Waals surface area contributed by atoms with Crippen molar-refractivity contribution in [3.8, 4) is 0 Å². The molecule has 2 N–H and O–H groups in total. The van der Waals surface area contributed by atoms with Crippen molar-refractivity contribution < 1.29 is 0 Å². The van der Waals surface area contributed by atoms with Crippen molar-refractivity contribution >= 4 is 10.9 Å². The molecular weight excluding hydrogens is 270 g/mol. The van der Waals surface area contributed by atoms with Crippen LogP contribution in [0.25, 0.3) is 10.9 Å². The minimum Gasteiger partial charge on any atom is -0.350 e. The topological polar surface area (TPSA) is 34.2 Å². The molecule has 0 spiro atoms. The van der Waals surface area contributed by atoms with Crippen LogP contribution >= 0.6 is 0 Å². The maximum atomic E-state index is 5.81. The molecule has 1 aromatic heterocycles. The summed E-state index contributed by atoms with van der Waals surface area (Å²) in [4.78, 5) is 2.55. The second-order valence-electron chi connectivity index (χ2n) is 7.98. The van der Waals surface area contributed by atoms with Gasteiger partial charge in [-0.2, -0.15) is 0 Å². The molecule has 1 aromatic carbocycles. The highest BCUT2D eigenvalue weighted by molar-refractivity contribution is 5.86. The van der Waals surface area contributed by atoms with E-state index in [1.807, 2.05) is 0 Å². The third-order valence-electron chi connectivity index (χ3n) is 5.04. The quantitative estimate of drug-likeness (QED) is 0.942. The monoisotopic (exact) mass is 299 g/mol. The largest absolute Gasteiger partial charge is 0.350 e. The molecule has 0 aliphatic carbocycles.